The molecule has 1 aliphatic rings. The zero-order valence-corrected chi connectivity index (χ0v) is 11.3. The van der Waals surface area contributed by atoms with Gasteiger partial charge in [-0.15, -0.1) is 0 Å². The molecule has 1 heterocycles. The number of nitriles is 1. The number of amides is 1. The topological polar surface area (TPSA) is 53.3 Å². The molecule has 0 aliphatic carbocycles. The van der Waals surface area contributed by atoms with Crippen molar-refractivity contribution in [3.8, 4) is 11.8 Å². The van der Waals surface area contributed by atoms with Gasteiger partial charge in [0.1, 0.15) is 5.75 Å². The Morgan fingerprint density at radius 3 is 2.74 bits per heavy atom. The molecule has 0 radical (unpaired) electrons. The Balaban J connectivity index is 1.83. The van der Waals surface area contributed by atoms with Crippen LogP contribution in [-0.2, 0) is 4.79 Å². The van der Waals surface area contributed by atoms with Crippen LogP contribution in [0.15, 0.2) is 24.3 Å². The highest BCUT2D eigenvalue weighted by Crippen LogP contribution is 2.23. The van der Waals surface area contributed by atoms with Crippen LogP contribution < -0.4 is 4.74 Å². The zero-order chi connectivity index (χ0) is 13.7. The second-order valence-electron chi connectivity index (χ2n) is 4.50. The van der Waals surface area contributed by atoms with Crippen molar-refractivity contribution in [2.24, 2.45) is 5.92 Å². The zero-order valence-electron chi connectivity index (χ0n) is 10.5. The third-order valence-corrected chi connectivity index (χ3v) is 3.53. The molecule has 0 spiro atoms. The average Bonchev–Trinajstić information content (AvgIpc) is 2.46. The lowest BCUT2D eigenvalue weighted by molar-refractivity contribution is -0.134. The first kappa shape index (κ1) is 13.7. The van der Waals surface area contributed by atoms with Crippen LogP contribution in [0.25, 0.3) is 0 Å². The minimum Gasteiger partial charge on any atom is -0.482 e. The van der Waals surface area contributed by atoms with Gasteiger partial charge in [0.15, 0.2) is 6.61 Å². The van der Waals surface area contributed by atoms with Crippen molar-refractivity contribution >= 4 is 17.5 Å². The van der Waals surface area contributed by atoms with Gasteiger partial charge in [-0.3, -0.25) is 4.79 Å². The van der Waals surface area contributed by atoms with Gasteiger partial charge in [-0.1, -0.05) is 23.7 Å². The minimum absolute atomic E-state index is 0.0129. The summed E-state index contributed by atoms with van der Waals surface area (Å²) in [4.78, 5) is 13.7. The van der Waals surface area contributed by atoms with Crippen molar-refractivity contribution in [1.82, 2.24) is 4.90 Å². The van der Waals surface area contributed by atoms with E-state index in [1.54, 1.807) is 17.0 Å². The molecular weight excluding hydrogens is 264 g/mol. The Bertz CT molecular complexity index is 490. The monoisotopic (exact) mass is 278 g/mol. The van der Waals surface area contributed by atoms with Crippen LogP contribution in [0, 0.1) is 17.2 Å². The van der Waals surface area contributed by atoms with Crippen LogP contribution >= 0.6 is 11.6 Å². The number of halogens is 1. The Labute approximate surface area is 117 Å². The van der Waals surface area contributed by atoms with Crippen LogP contribution in [0.3, 0.4) is 0 Å². The van der Waals surface area contributed by atoms with E-state index in [1.165, 1.54) is 0 Å². The van der Waals surface area contributed by atoms with Gasteiger partial charge in [0.05, 0.1) is 11.1 Å². The molecule has 2 rings (SSSR count). The summed E-state index contributed by atoms with van der Waals surface area (Å²) in [5.74, 6) is 0.536. The molecule has 0 bridgehead atoms. The van der Waals surface area contributed by atoms with E-state index in [9.17, 15) is 4.79 Å². The summed E-state index contributed by atoms with van der Waals surface area (Å²) >= 11 is 5.95. The molecule has 0 unspecified atom stereocenters. The maximum atomic E-state index is 12.0. The summed E-state index contributed by atoms with van der Waals surface area (Å²) in [6, 6.07) is 9.32. The summed E-state index contributed by atoms with van der Waals surface area (Å²) in [6.45, 7) is 1.24. The van der Waals surface area contributed by atoms with E-state index in [4.69, 9.17) is 21.6 Å². The SMILES string of the molecule is N#CC1CCN(C(=O)COc2ccccc2Cl)CC1. The first-order chi connectivity index (χ1) is 9.20. The Morgan fingerprint density at radius 1 is 1.42 bits per heavy atom. The van der Waals surface area contributed by atoms with E-state index in [2.05, 4.69) is 6.07 Å². The predicted molar refractivity (Wildman–Crippen MR) is 71.9 cm³/mol. The average molecular weight is 279 g/mol. The quantitative estimate of drug-likeness (QED) is 0.853. The van der Waals surface area contributed by atoms with Crippen molar-refractivity contribution < 1.29 is 9.53 Å². The van der Waals surface area contributed by atoms with Crippen LogP contribution in [0.4, 0.5) is 0 Å². The fraction of sp³-hybridized carbons (Fsp3) is 0.429. The number of carbonyl (C=O) groups excluding carboxylic acids is 1. The number of rotatable bonds is 3. The highest BCUT2D eigenvalue weighted by atomic mass is 35.5. The molecule has 1 amide bonds. The van der Waals surface area contributed by atoms with Gasteiger partial charge in [-0.25, -0.2) is 0 Å². The summed E-state index contributed by atoms with van der Waals surface area (Å²) in [6.07, 6.45) is 1.49. The number of carbonyl (C=O) groups is 1. The maximum absolute atomic E-state index is 12.0. The second kappa shape index (κ2) is 6.44. The largest absolute Gasteiger partial charge is 0.482 e. The molecule has 19 heavy (non-hydrogen) atoms. The van der Waals surface area contributed by atoms with E-state index in [1.807, 2.05) is 12.1 Å². The lowest BCUT2D eigenvalue weighted by Gasteiger charge is -2.29. The molecule has 1 aliphatic heterocycles. The van der Waals surface area contributed by atoms with Gasteiger partial charge >= 0.3 is 0 Å². The number of ether oxygens (including phenoxy) is 1. The minimum atomic E-state index is -0.0590. The van der Waals surface area contributed by atoms with Crippen molar-refractivity contribution in [1.29, 1.82) is 5.26 Å². The number of para-hydroxylation sites is 1. The van der Waals surface area contributed by atoms with E-state index in [-0.39, 0.29) is 18.4 Å². The smallest absolute Gasteiger partial charge is 0.260 e. The molecule has 0 atom stereocenters. The summed E-state index contributed by atoms with van der Waals surface area (Å²) in [5.41, 5.74) is 0. The number of hydrogen-bond acceptors (Lipinski definition) is 3. The summed E-state index contributed by atoms with van der Waals surface area (Å²) in [7, 11) is 0. The molecule has 1 aromatic rings. The number of nitrogens with zero attached hydrogens (tertiary/aromatic N) is 2. The molecule has 1 fully saturated rings. The Hall–Kier alpha value is -1.73. The number of likely N-dealkylation sites (tertiary alicyclic amines) is 1. The van der Waals surface area contributed by atoms with E-state index < -0.39 is 0 Å². The van der Waals surface area contributed by atoms with Crippen LogP contribution in [-0.4, -0.2) is 30.5 Å². The predicted octanol–water partition coefficient (Wildman–Crippen LogP) is 2.48. The highest BCUT2D eigenvalue weighted by molar-refractivity contribution is 6.32. The second-order valence-corrected chi connectivity index (χ2v) is 4.91. The van der Waals surface area contributed by atoms with Gasteiger partial charge in [0.25, 0.3) is 5.91 Å². The van der Waals surface area contributed by atoms with Gasteiger partial charge in [-0.05, 0) is 25.0 Å². The molecule has 100 valence electrons. The number of benzene rings is 1. The highest BCUT2D eigenvalue weighted by Gasteiger charge is 2.22. The van der Waals surface area contributed by atoms with E-state index in [0.717, 1.165) is 12.8 Å². The fourth-order valence-corrected chi connectivity index (χ4v) is 2.24. The fourth-order valence-electron chi connectivity index (χ4n) is 2.05. The van der Waals surface area contributed by atoms with Crippen LogP contribution in [0.5, 0.6) is 5.75 Å². The standard InChI is InChI=1S/C14H15ClN2O2/c15-12-3-1-2-4-13(12)19-10-14(18)17-7-5-11(9-16)6-8-17/h1-4,11H,5-8,10H2. The first-order valence-corrected chi connectivity index (χ1v) is 6.63. The van der Waals surface area contributed by atoms with Gasteiger partial charge in [-0.2, -0.15) is 5.26 Å². The lowest BCUT2D eigenvalue weighted by Crippen LogP contribution is -2.40. The van der Waals surface area contributed by atoms with Crippen molar-refractivity contribution in [3.63, 3.8) is 0 Å². The maximum Gasteiger partial charge on any atom is 0.260 e. The molecule has 0 saturated carbocycles. The number of piperidine rings is 1. The van der Waals surface area contributed by atoms with Gasteiger partial charge in [0, 0.05) is 19.0 Å². The molecule has 0 aromatic heterocycles. The Morgan fingerprint density at radius 2 is 2.11 bits per heavy atom. The van der Waals surface area contributed by atoms with Crippen molar-refractivity contribution in [3.05, 3.63) is 29.3 Å². The molecule has 1 saturated heterocycles. The van der Waals surface area contributed by atoms with Gasteiger partial charge < -0.3 is 9.64 Å². The van der Waals surface area contributed by atoms with E-state index in [0.29, 0.717) is 23.9 Å². The number of hydrogen-bond donors (Lipinski definition) is 0. The van der Waals surface area contributed by atoms with Crippen LogP contribution in [0.2, 0.25) is 5.02 Å². The molecule has 5 heteroatoms. The van der Waals surface area contributed by atoms with Crippen molar-refractivity contribution in [2.45, 2.75) is 12.8 Å². The molecule has 4 nitrogen and oxygen atoms in total. The van der Waals surface area contributed by atoms with Gasteiger partial charge in [0.2, 0.25) is 0 Å². The lowest BCUT2D eigenvalue weighted by atomic mass is 9.99. The normalized spacial score (nSPS) is 15.9. The first-order valence-electron chi connectivity index (χ1n) is 6.25. The van der Waals surface area contributed by atoms with Crippen molar-refractivity contribution in [2.75, 3.05) is 19.7 Å². The van der Waals surface area contributed by atoms with E-state index >= 15 is 0 Å². The molecular formula is C14H15ClN2O2. The molecule has 0 N–H and O–H groups in total. The third kappa shape index (κ3) is 3.62. The summed E-state index contributed by atoms with van der Waals surface area (Å²) in [5, 5.41) is 9.30. The molecule has 1 aromatic carbocycles. The third-order valence-electron chi connectivity index (χ3n) is 3.22. The van der Waals surface area contributed by atoms with Crippen LogP contribution in [0.1, 0.15) is 12.8 Å². The summed E-state index contributed by atoms with van der Waals surface area (Å²) < 4.78 is 5.42. The Kier molecular flexibility index (Phi) is 4.64.